The third kappa shape index (κ3) is 1.40. The van der Waals surface area contributed by atoms with E-state index in [4.69, 9.17) is 4.74 Å². The predicted molar refractivity (Wildman–Crippen MR) is 85.1 cm³/mol. The molecule has 1 N–H and O–H groups in total. The van der Waals surface area contributed by atoms with Gasteiger partial charge in [-0.15, -0.1) is 6.58 Å². The fourth-order valence-corrected chi connectivity index (χ4v) is 5.96. The summed E-state index contributed by atoms with van der Waals surface area (Å²) in [6.45, 7) is 6.00. The monoisotopic (exact) mass is 297 g/mol. The minimum absolute atomic E-state index is 0.0314. The molecule has 1 spiro atoms. The highest BCUT2D eigenvalue weighted by Crippen LogP contribution is 2.62. The zero-order chi connectivity index (χ0) is 14.9. The first kappa shape index (κ1) is 13.1. The van der Waals surface area contributed by atoms with E-state index >= 15 is 0 Å². The number of benzene rings is 1. The van der Waals surface area contributed by atoms with Crippen molar-refractivity contribution in [1.82, 2.24) is 4.90 Å². The molecule has 5 rings (SSSR count). The Bertz CT molecular complexity index is 642. The second kappa shape index (κ2) is 4.36. The minimum atomic E-state index is -0.318. The van der Waals surface area contributed by atoms with Crippen LogP contribution >= 0.6 is 0 Å². The predicted octanol–water partition coefficient (Wildman–Crippen LogP) is 2.27. The Morgan fingerprint density at radius 1 is 1.41 bits per heavy atom. The minimum Gasteiger partial charge on any atom is -0.486 e. The first-order chi connectivity index (χ1) is 10.8. The standard InChI is InChI=1S/C19H23NO2/c1-2-9-20-10-8-19-13-6-7-15(21)18(19)22-16-5-3-4-12(17(16)19)11-14(13)20/h2-5,13-15,18,21H,1,6-11H2/t13-,14+,15-,18-,19-/m0/s1. The third-order valence-electron chi connectivity index (χ3n) is 6.66. The quantitative estimate of drug-likeness (QED) is 0.850. The first-order valence-electron chi connectivity index (χ1n) is 8.58. The van der Waals surface area contributed by atoms with Gasteiger partial charge < -0.3 is 9.84 Å². The van der Waals surface area contributed by atoms with Gasteiger partial charge in [-0.3, -0.25) is 4.90 Å². The lowest BCUT2D eigenvalue weighted by molar-refractivity contribution is -0.102. The molecule has 22 heavy (non-hydrogen) atoms. The Morgan fingerprint density at radius 2 is 2.32 bits per heavy atom. The lowest BCUT2D eigenvalue weighted by atomic mass is 9.51. The maximum Gasteiger partial charge on any atom is 0.135 e. The molecule has 2 bridgehead atoms. The van der Waals surface area contributed by atoms with E-state index in [0.717, 1.165) is 44.5 Å². The van der Waals surface area contributed by atoms with Crippen molar-refractivity contribution in [2.45, 2.75) is 49.3 Å². The zero-order valence-corrected chi connectivity index (χ0v) is 12.9. The van der Waals surface area contributed by atoms with E-state index in [1.54, 1.807) is 0 Å². The van der Waals surface area contributed by atoms with Crippen LogP contribution in [0.2, 0.25) is 0 Å². The Balaban J connectivity index is 1.71. The smallest absolute Gasteiger partial charge is 0.135 e. The summed E-state index contributed by atoms with van der Waals surface area (Å²) in [5, 5.41) is 10.6. The largest absolute Gasteiger partial charge is 0.486 e. The number of rotatable bonds is 2. The molecule has 2 fully saturated rings. The summed E-state index contributed by atoms with van der Waals surface area (Å²) in [5.74, 6) is 1.66. The Kier molecular flexibility index (Phi) is 2.61. The molecule has 0 radical (unpaired) electrons. The van der Waals surface area contributed by atoms with Gasteiger partial charge in [-0.1, -0.05) is 18.2 Å². The molecule has 5 atom stereocenters. The van der Waals surface area contributed by atoms with Gasteiger partial charge in [0.05, 0.1) is 6.10 Å². The van der Waals surface area contributed by atoms with Gasteiger partial charge in [-0.2, -0.15) is 0 Å². The Morgan fingerprint density at radius 3 is 3.18 bits per heavy atom. The van der Waals surface area contributed by atoms with Crippen molar-refractivity contribution in [1.29, 1.82) is 0 Å². The molecule has 0 unspecified atom stereocenters. The molecule has 0 aromatic heterocycles. The molecule has 2 aliphatic heterocycles. The molecule has 0 amide bonds. The van der Waals surface area contributed by atoms with Gasteiger partial charge in [-0.25, -0.2) is 0 Å². The Labute approximate surface area is 131 Å². The molecule has 1 aromatic carbocycles. The molecule has 3 nitrogen and oxygen atoms in total. The van der Waals surface area contributed by atoms with Crippen LogP contribution in [0.3, 0.4) is 0 Å². The van der Waals surface area contributed by atoms with Crippen LogP contribution in [0.25, 0.3) is 0 Å². The number of piperidine rings is 1. The topological polar surface area (TPSA) is 32.7 Å². The van der Waals surface area contributed by atoms with Crippen LogP contribution in [0.5, 0.6) is 5.75 Å². The summed E-state index contributed by atoms with van der Waals surface area (Å²) in [7, 11) is 0. The number of likely N-dealkylation sites (tertiary alicyclic amines) is 1. The lowest BCUT2D eigenvalue weighted by Gasteiger charge is -2.59. The van der Waals surface area contributed by atoms with Gasteiger partial charge in [0.1, 0.15) is 11.9 Å². The molecule has 3 heteroatoms. The van der Waals surface area contributed by atoms with Crippen molar-refractivity contribution in [3.63, 3.8) is 0 Å². The maximum atomic E-state index is 10.6. The van der Waals surface area contributed by atoms with Crippen LogP contribution in [0, 0.1) is 5.92 Å². The van der Waals surface area contributed by atoms with Gasteiger partial charge in [0.2, 0.25) is 0 Å². The van der Waals surface area contributed by atoms with E-state index < -0.39 is 0 Å². The van der Waals surface area contributed by atoms with Crippen LogP contribution in [0.15, 0.2) is 30.9 Å². The molecular weight excluding hydrogens is 274 g/mol. The third-order valence-corrected chi connectivity index (χ3v) is 6.66. The van der Waals surface area contributed by atoms with Crippen LogP contribution in [-0.2, 0) is 11.8 Å². The second-order valence-corrected chi connectivity index (χ2v) is 7.43. The number of hydrogen-bond acceptors (Lipinski definition) is 3. The zero-order valence-electron chi connectivity index (χ0n) is 12.9. The highest BCUT2D eigenvalue weighted by atomic mass is 16.5. The van der Waals surface area contributed by atoms with E-state index in [-0.39, 0.29) is 17.6 Å². The van der Waals surface area contributed by atoms with Gasteiger partial charge in [0, 0.05) is 23.6 Å². The van der Waals surface area contributed by atoms with E-state index in [2.05, 4.69) is 29.7 Å². The van der Waals surface area contributed by atoms with Crippen molar-refractivity contribution in [2.75, 3.05) is 13.1 Å². The van der Waals surface area contributed by atoms with E-state index in [9.17, 15) is 5.11 Å². The van der Waals surface area contributed by atoms with Gasteiger partial charge >= 0.3 is 0 Å². The summed E-state index contributed by atoms with van der Waals surface area (Å²) in [6, 6.07) is 7.06. The molecular formula is C19H23NO2. The fourth-order valence-electron chi connectivity index (χ4n) is 5.96. The summed E-state index contributed by atoms with van der Waals surface area (Å²) < 4.78 is 6.30. The fraction of sp³-hybridized carbons (Fsp3) is 0.579. The normalized spacial score (nSPS) is 41.7. The maximum absolute atomic E-state index is 10.6. The molecule has 2 heterocycles. The van der Waals surface area contributed by atoms with Crippen molar-refractivity contribution in [2.24, 2.45) is 5.92 Å². The molecule has 116 valence electrons. The molecule has 1 aromatic rings. The number of ether oxygens (including phenoxy) is 1. The highest BCUT2D eigenvalue weighted by molar-refractivity contribution is 5.55. The van der Waals surface area contributed by atoms with Crippen LogP contribution in [0.1, 0.15) is 30.4 Å². The molecule has 2 aliphatic carbocycles. The lowest BCUT2D eigenvalue weighted by Crippen LogP contribution is -2.66. The van der Waals surface area contributed by atoms with Gasteiger partial charge in [0.25, 0.3) is 0 Å². The van der Waals surface area contributed by atoms with Crippen molar-refractivity contribution < 1.29 is 9.84 Å². The van der Waals surface area contributed by atoms with E-state index in [1.165, 1.54) is 11.1 Å². The molecule has 4 aliphatic rings. The van der Waals surface area contributed by atoms with E-state index in [0.29, 0.717) is 12.0 Å². The summed E-state index contributed by atoms with van der Waals surface area (Å²) in [4.78, 5) is 2.60. The van der Waals surface area contributed by atoms with Gasteiger partial charge in [0.15, 0.2) is 0 Å². The van der Waals surface area contributed by atoms with Crippen LogP contribution < -0.4 is 4.74 Å². The highest BCUT2D eigenvalue weighted by Gasteiger charge is 2.64. The van der Waals surface area contributed by atoms with Crippen LogP contribution in [0.4, 0.5) is 0 Å². The van der Waals surface area contributed by atoms with Gasteiger partial charge in [-0.05, 0) is 49.8 Å². The first-order valence-corrected chi connectivity index (χ1v) is 8.58. The van der Waals surface area contributed by atoms with Crippen molar-refractivity contribution in [3.05, 3.63) is 42.0 Å². The van der Waals surface area contributed by atoms with Crippen molar-refractivity contribution >= 4 is 0 Å². The van der Waals surface area contributed by atoms with Crippen molar-refractivity contribution in [3.8, 4) is 5.75 Å². The Hall–Kier alpha value is -1.32. The summed E-state index contributed by atoms with van der Waals surface area (Å²) in [6.07, 6.45) is 5.90. The number of hydrogen-bond donors (Lipinski definition) is 1. The average molecular weight is 297 g/mol. The van der Waals surface area contributed by atoms with E-state index in [1.807, 2.05) is 6.08 Å². The average Bonchev–Trinajstić information content (AvgIpc) is 2.86. The second-order valence-electron chi connectivity index (χ2n) is 7.43. The summed E-state index contributed by atoms with van der Waals surface area (Å²) in [5.41, 5.74) is 2.95. The summed E-state index contributed by atoms with van der Waals surface area (Å²) >= 11 is 0. The van der Waals surface area contributed by atoms with Crippen LogP contribution in [-0.4, -0.2) is 41.3 Å². The SMILES string of the molecule is C=CCN1CC[C@]23c4c5cccc4O[C@H]2[C@@H](O)CC[C@H]3[C@H]1C5. The number of aliphatic hydroxyl groups excluding tert-OH is 1. The molecule has 1 saturated heterocycles. The number of nitrogens with zero attached hydrogens (tertiary/aromatic N) is 1. The molecule has 1 saturated carbocycles. The number of aliphatic hydroxyl groups is 1.